The van der Waals surface area contributed by atoms with Gasteiger partial charge in [-0.1, -0.05) is 32.4 Å². The highest BCUT2D eigenvalue weighted by Crippen LogP contribution is 2.43. The minimum absolute atomic E-state index is 0.494. The number of para-hydroxylation sites is 1. The smallest absolute Gasteiger partial charge is 0.125 e. The van der Waals surface area contributed by atoms with Crippen LogP contribution in [0.25, 0.3) is 11.0 Å². The highest BCUT2D eigenvalue weighted by atomic mass is 35.5. The maximum absolute atomic E-state index is 6.17. The fraction of sp³-hybridized carbons (Fsp3) is 0.588. The van der Waals surface area contributed by atoms with Crippen molar-refractivity contribution in [1.82, 2.24) is 9.55 Å². The van der Waals surface area contributed by atoms with Crippen LogP contribution in [0, 0.1) is 18.8 Å². The SMILES string of the molecule is CCC1CCC(n2c(CCl)nc3c(C)cccc32)C1C. The van der Waals surface area contributed by atoms with Gasteiger partial charge >= 0.3 is 0 Å². The number of nitrogens with zero attached hydrogens (tertiary/aromatic N) is 2. The summed E-state index contributed by atoms with van der Waals surface area (Å²) >= 11 is 6.17. The molecule has 3 rings (SSSR count). The van der Waals surface area contributed by atoms with Crippen LogP contribution in [0.1, 0.15) is 50.5 Å². The molecule has 1 saturated carbocycles. The van der Waals surface area contributed by atoms with Gasteiger partial charge in [-0.05, 0) is 43.2 Å². The molecule has 0 bridgehead atoms. The van der Waals surface area contributed by atoms with Crippen molar-refractivity contribution < 1.29 is 0 Å². The molecule has 1 aromatic heterocycles. The van der Waals surface area contributed by atoms with Crippen LogP contribution in [-0.4, -0.2) is 9.55 Å². The van der Waals surface area contributed by atoms with E-state index in [0.29, 0.717) is 17.8 Å². The Morgan fingerprint density at radius 1 is 1.35 bits per heavy atom. The second-order valence-corrected chi connectivity index (χ2v) is 6.41. The second kappa shape index (κ2) is 5.40. The first-order chi connectivity index (χ1) is 9.67. The minimum atomic E-state index is 0.494. The van der Waals surface area contributed by atoms with Crippen molar-refractivity contribution in [2.75, 3.05) is 0 Å². The highest BCUT2D eigenvalue weighted by Gasteiger charge is 2.34. The van der Waals surface area contributed by atoms with Gasteiger partial charge in [-0.3, -0.25) is 0 Å². The Morgan fingerprint density at radius 3 is 2.80 bits per heavy atom. The Bertz CT molecular complexity index is 617. The van der Waals surface area contributed by atoms with Crippen molar-refractivity contribution in [3.8, 4) is 0 Å². The third-order valence-corrected chi connectivity index (χ3v) is 5.39. The normalized spacial score (nSPS) is 26.5. The molecule has 2 nitrogen and oxygen atoms in total. The minimum Gasteiger partial charge on any atom is -0.324 e. The number of hydrogen-bond acceptors (Lipinski definition) is 1. The van der Waals surface area contributed by atoms with Crippen LogP contribution in [0.3, 0.4) is 0 Å². The van der Waals surface area contributed by atoms with Gasteiger partial charge in [-0.25, -0.2) is 4.98 Å². The molecule has 1 aliphatic rings. The Morgan fingerprint density at radius 2 is 2.15 bits per heavy atom. The molecule has 3 atom stereocenters. The van der Waals surface area contributed by atoms with E-state index in [1.807, 2.05) is 0 Å². The lowest BCUT2D eigenvalue weighted by molar-refractivity contribution is 0.330. The van der Waals surface area contributed by atoms with Crippen molar-refractivity contribution in [2.24, 2.45) is 11.8 Å². The van der Waals surface area contributed by atoms with E-state index in [1.54, 1.807) is 0 Å². The van der Waals surface area contributed by atoms with Crippen molar-refractivity contribution in [1.29, 1.82) is 0 Å². The average molecular weight is 291 g/mol. The van der Waals surface area contributed by atoms with Crippen LogP contribution >= 0.6 is 11.6 Å². The summed E-state index contributed by atoms with van der Waals surface area (Å²) in [4.78, 5) is 4.79. The summed E-state index contributed by atoms with van der Waals surface area (Å²) in [7, 11) is 0. The van der Waals surface area contributed by atoms with Gasteiger partial charge < -0.3 is 4.57 Å². The molecule has 0 N–H and O–H groups in total. The van der Waals surface area contributed by atoms with E-state index in [1.165, 1.54) is 30.3 Å². The summed E-state index contributed by atoms with van der Waals surface area (Å²) in [6.07, 6.45) is 3.86. The van der Waals surface area contributed by atoms with E-state index in [2.05, 4.69) is 43.5 Å². The molecule has 3 unspecified atom stereocenters. The lowest BCUT2D eigenvalue weighted by Crippen LogP contribution is -2.17. The Kier molecular flexibility index (Phi) is 3.76. The summed E-state index contributed by atoms with van der Waals surface area (Å²) in [5.41, 5.74) is 3.62. The molecule has 0 radical (unpaired) electrons. The van der Waals surface area contributed by atoms with Crippen molar-refractivity contribution in [3.63, 3.8) is 0 Å². The molecule has 20 heavy (non-hydrogen) atoms. The monoisotopic (exact) mass is 290 g/mol. The molecule has 1 fully saturated rings. The molecular weight excluding hydrogens is 268 g/mol. The van der Waals surface area contributed by atoms with Gasteiger partial charge in [-0.15, -0.1) is 11.6 Å². The predicted octanol–water partition coefficient (Wildman–Crippen LogP) is 5.08. The Balaban J connectivity index is 2.13. The Labute approximate surface area is 126 Å². The molecular formula is C17H23ClN2. The van der Waals surface area contributed by atoms with E-state index in [-0.39, 0.29) is 0 Å². The van der Waals surface area contributed by atoms with Gasteiger partial charge in [-0.2, -0.15) is 0 Å². The van der Waals surface area contributed by atoms with E-state index in [9.17, 15) is 0 Å². The summed E-state index contributed by atoms with van der Waals surface area (Å²) in [5.74, 6) is 3.07. The highest BCUT2D eigenvalue weighted by molar-refractivity contribution is 6.16. The van der Waals surface area contributed by atoms with Crippen LogP contribution in [-0.2, 0) is 5.88 Å². The second-order valence-electron chi connectivity index (χ2n) is 6.15. The van der Waals surface area contributed by atoms with E-state index < -0.39 is 0 Å². The third-order valence-electron chi connectivity index (χ3n) is 5.15. The largest absolute Gasteiger partial charge is 0.324 e. The zero-order valence-corrected chi connectivity index (χ0v) is 13.3. The summed E-state index contributed by atoms with van der Waals surface area (Å²) in [6.45, 7) is 6.83. The number of rotatable bonds is 3. The number of hydrogen-bond donors (Lipinski definition) is 0. The van der Waals surface area contributed by atoms with Gasteiger partial charge in [0.05, 0.1) is 16.9 Å². The van der Waals surface area contributed by atoms with E-state index in [4.69, 9.17) is 16.6 Å². The van der Waals surface area contributed by atoms with Crippen LogP contribution < -0.4 is 0 Å². The predicted molar refractivity (Wildman–Crippen MR) is 85.2 cm³/mol. The molecule has 0 aliphatic heterocycles. The van der Waals surface area contributed by atoms with Crippen LogP contribution in [0.5, 0.6) is 0 Å². The first-order valence-electron chi connectivity index (χ1n) is 7.69. The maximum Gasteiger partial charge on any atom is 0.125 e. The third kappa shape index (κ3) is 2.05. The fourth-order valence-electron chi connectivity index (χ4n) is 3.93. The summed E-state index contributed by atoms with van der Waals surface area (Å²) in [5, 5.41) is 0. The number of halogens is 1. The molecule has 2 aromatic rings. The van der Waals surface area contributed by atoms with Crippen molar-refractivity contribution in [3.05, 3.63) is 29.6 Å². The number of imidazole rings is 1. The molecule has 0 amide bonds. The maximum atomic E-state index is 6.17. The number of aromatic nitrogens is 2. The molecule has 0 saturated heterocycles. The van der Waals surface area contributed by atoms with Crippen molar-refractivity contribution >= 4 is 22.6 Å². The zero-order valence-electron chi connectivity index (χ0n) is 12.6. The van der Waals surface area contributed by atoms with Gasteiger partial charge in [0, 0.05) is 6.04 Å². The first-order valence-corrected chi connectivity index (χ1v) is 8.23. The lowest BCUT2D eigenvalue weighted by atomic mass is 9.93. The van der Waals surface area contributed by atoms with Gasteiger partial charge in [0.15, 0.2) is 0 Å². The van der Waals surface area contributed by atoms with Gasteiger partial charge in [0.2, 0.25) is 0 Å². The number of benzene rings is 1. The fourth-order valence-corrected chi connectivity index (χ4v) is 4.12. The Hall–Kier alpha value is -1.02. The van der Waals surface area contributed by atoms with Gasteiger partial charge in [0.25, 0.3) is 0 Å². The number of alkyl halides is 1. The average Bonchev–Trinajstić information content (AvgIpc) is 2.99. The molecule has 0 spiro atoms. The van der Waals surface area contributed by atoms with Crippen LogP contribution in [0.15, 0.2) is 18.2 Å². The summed E-state index contributed by atoms with van der Waals surface area (Å²) in [6, 6.07) is 7.01. The number of fused-ring (bicyclic) bond motifs is 1. The topological polar surface area (TPSA) is 17.8 Å². The molecule has 1 aromatic carbocycles. The molecule has 3 heteroatoms. The molecule has 1 aliphatic carbocycles. The van der Waals surface area contributed by atoms with Crippen molar-refractivity contribution in [2.45, 2.75) is 52.0 Å². The lowest BCUT2D eigenvalue weighted by Gasteiger charge is -2.23. The molecule has 108 valence electrons. The first kappa shape index (κ1) is 13.9. The molecule has 1 heterocycles. The van der Waals surface area contributed by atoms with Crippen LogP contribution in [0.4, 0.5) is 0 Å². The van der Waals surface area contributed by atoms with Gasteiger partial charge in [0.1, 0.15) is 5.82 Å². The number of aryl methyl sites for hydroxylation is 1. The van der Waals surface area contributed by atoms with E-state index in [0.717, 1.165) is 17.3 Å². The quantitative estimate of drug-likeness (QED) is 0.721. The zero-order chi connectivity index (χ0) is 14.3. The summed E-state index contributed by atoms with van der Waals surface area (Å²) < 4.78 is 2.43. The van der Waals surface area contributed by atoms with Crippen LogP contribution in [0.2, 0.25) is 0 Å². The van der Waals surface area contributed by atoms with E-state index >= 15 is 0 Å². The standard InChI is InChI=1S/C17H23ClN2/c1-4-13-8-9-14(12(13)3)20-15-7-5-6-11(2)17(15)19-16(20)10-18/h5-7,12-14H,4,8-10H2,1-3H3.